The fourth-order valence-corrected chi connectivity index (χ4v) is 3.94. The highest BCUT2D eigenvalue weighted by Crippen LogP contribution is 2.40. The standard InChI is InChI=1S/C24H30N2O5/c1-5-25(6-2)13-8-14-26-21(19-12-11-16(3)31-19)20(23(28)24(26)29)22(27)17-9-7-10-18(15-17)30-4/h7,9-12,15,21,27H,5-6,8,13-14H2,1-4H3/b22-20-. The maximum Gasteiger partial charge on any atom is 0.295 e. The number of aliphatic hydroxyl groups excluding tert-OH is 1. The van der Waals surface area contributed by atoms with E-state index >= 15 is 0 Å². The molecule has 0 radical (unpaired) electrons. The van der Waals surface area contributed by atoms with Crippen LogP contribution in [0.4, 0.5) is 0 Å². The molecule has 1 fully saturated rings. The molecule has 1 aliphatic heterocycles. The smallest absolute Gasteiger partial charge is 0.295 e. The molecule has 1 aromatic carbocycles. The first-order chi connectivity index (χ1) is 14.9. The first-order valence-electron chi connectivity index (χ1n) is 10.6. The van der Waals surface area contributed by atoms with Crippen molar-refractivity contribution < 1.29 is 23.8 Å². The molecule has 1 aliphatic rings. The molecule has 1 amide bonds. The SMILES string of the molecule is CCN(CC)CCCN1C(=O)C(=O)/C(=C(\O)c2cccc(OC)c2)C1c1ccc(C)o1. The van der Waals surface area contributed by atoms with Crippen LogP contribution in [0.5, 0.6) is 5.75 Å². The number of likely N-dealkylation sites (tertiary alicyclic amines) is 1. The lowest BCUT2D eigenvalue weighted by Crippen LogP contribution is -2.33. The number of Topliss-reactive ketones (excluding diaryl/α,β-unsaturated/α-hetero) is 1. The lowest BCUT2D eigenvalue weighted by Gasteiger charge is -2.25. The molecule has 2 aromatic rings. The highest BCUT2D eigenvalue weighted by molar-refractivity contribution is 6.46. The zero-order valence-electron chi connectivity index (χ0n) is 18.6. The monoisotopic (exact) mass is 426 g/mol. The van der Waals surface area contributed by atoms with E-state index in [1.807, 2.05) is 0 Å². The summed E-state index contributed by atoms with van der Waals surface area (Å²) in [4.78, 5) is 29.7. The van der Waals surface area contributed by atoms with Gasteiger partial charge in [-0.15, -0.1) is 0 Å². The quantitative estimate of drug-likeness (QED) is 0.374. The van der Waals surface area contributed by atoms with E-state index < -0.39 is 17.7 Å². The average molecular weight is 427 g/mol. The lowest BCUT2D eigenvalue weighted by atomic mass is 9.99. The van der Waals surface area contributed by atoms with Gasteiger partial charge in [0.25, 0.3) is 11.7 Å². The normalized spacial score (nSPS) is 18.2. The first-order valence-corrected chi connectivity index (χ1v) is 10.6. The molecule has 3 rings (SSSR count). The Bertz CT molecular complexity index is 974. The third kappa shape index (κ3) is 4.66. The van der Waals surface area contributed by atoms with Crippen LogP contribution in [-0.2, 0) is 9.59 Å². The predicted molar refractivity (Wildman–Crippen MR) is 118 cm³/mol. The van der Waals surface area contributed by atoms with Gasteiger partial charge in [0.05, 0.1) is 12.7 Å². The Morgan fingerprint density at radius 1 is 1.19 bits per heavy atom. The van der Waals surface area contributed by atoms with Gasteiger partial charge in [-0.05, 0) is 57.2 Å². The molecule has 0 aliphatic carbocycles. The Morgan fingerprint density at radius 3 is 2.55 bits per heavy atom. The third-order valence-corrected chi connectivity index (χ3v) is 5.68. The predicted octanol–water partition coefficient (Wildman–Crippen LogP) is 3.75. The second kappa shape index (κ2) is 9.83. The number of benzene rings is 1. The molecule has 0 saturated carbocycles. The van der Waals surface area contributed by atoms with E-state index in [0.29, 0.717) is 35.8 Å². The number of rotatable bonds is 9. The zero-order chi connectivity index (χ0) is 22.5. The van der Waals surface area contributed by atoms with Gasteiger partial charge in [0.15, 0.2) is 0 Å². The molecule has 0 bridgehead atoms. The summed E-state index contributed by atoms with van der Waals surface area (Å²) in [5.74, 6) is 0.116. The van der Waals surface area contributed by atoms with Crippen molar-refractivity contribution >= 4 is 17.4 Å². The number of hydrogen-bond acceptors (Lipinski definition) is 6. The van der Waals surface area contributed by atoms with Gasteiger partial charge in [-0.2, -0.15) is 0 Å². The van der Waals surface area contributed by atoms with Crippen molar-refractivity contribution in [3.63, 3.8) is 0 Å². The lowest BCUT2D eigenvalue weighted by molar-refractivity contribution is -0.140. The molecule has 1 saturated heterocycles. The number of nitrogens with zero attached hydrogens (tertiary/aromatic N) is 2. The van der Waals surface area contributed by atoms with Gasteiger partial charge >= 0.3 is 0 Å². The number of aliphatic hydroxyl groups is 1. The highest BCUT2D eigenvalue weighted by atomic mass is 16.5. The Kier molecular flexibility index (Phi) is 7.17. The number of methoxy groups -OCH3 is 1. The van der Waals surface area contributed by atoms with Crippen molar-refractivity contribution in [2.45, 2.75) is 33.2 Å². The van der Waals surface area contributed by atoms with Crippen LogP contribution in [0.1, 0.15) is 43.4 Å². The topological polar surface area (TPSA) is 83.2 Å². The fourth-order valence-electron chi connectivity index (χ4n) is 3.94. The molecule has 31 heavy (non-hydrogen) atoms. The number of carbonyl (C=O) groups is 2. The van der Waals surface area contributed by atoms with Crippen LogP contribution in [-0.4, -0.2) is 59.9 Å². The van der Waals surface area contributed by atoms with Crippen molar-refractivity contribution in [2.24, 2.45) is 0 Å². The van der Waals surface area contributed by atoms with Crippen LogP contribution >= 0.6 is 0 Å². The molecule has 1 unspecified atom stereocenters. The molecular formula is C24H30N2O5. The molecular weight excluding hydrogens is 396 g/mol. The molecule has 1 aromatic heterocycles. The van der Waals surface area contributed by atoms with Crippen molar-refractivity contribution in [1.29, 1.82) is 0 Å². The number of carbonyl (C=O) groups excluding carboxylic acids is 2. The van der Waals surface area contributed by atoms with Crippen LogP contribution in [0.3, 0.4) is 0 Å². The van der Waals surface area contributed by atoms with Crippen LogP contribution < -0.4 is 4.74 Å². The number of furan rings is 1. The van der Waals surface area contributed by atoms with Crippen molar-refractivity contribution in [1.82, 2.24) is 9.80 Å². The summed E-state index contributed by atoms with van der Waals surface area (Å²) in [5.41, 5.74) is 0.448. The number of amides is 1. The summed E-state index contributed by atoms with van der Waals surface area (Å²) in [5, 5.41) is 11.0. The summed E-state index contributed by atoms with van der Waals surface area (Å²) in [6, 6.07) is 9.55. The van der Waals surface area contributed by atoms with Gasteiger partial charge in [-0.1, -0.05) is 26.0 Å². The maximum atomic E-state index is 13.0. The second-order valence-corrected chi connectivity index (χ2v) is 7.55. The molecule has 7 heteroatoms. The number of ether oxygens (including phenoxy) is 1. The molecule has 166 valence electrons. The van der Waals surface area contributed by atoms with Gasteiger partial charge < -0.3 is 24.1 Å². The van der Waals surface area contributed by atoms with E-state index in [1.54, 1.807) is 43.3 Å². The summed E-state index contributed by atoms with van der Waals surface area (Å²) >= 11 is 0. The first kappa shape index (κ1) is 22.6. The zero-order valence-corrected chi connectivity index (χ0v) is 18.6. The summed E-state index contributed by atoms with van der Waals surface area (Å²) < 4.78 is 11.0. The van der Waals surface area contributed by atoms with E-state index in [4.69, 9.17) is 9.15 Å². The molecule has 2 heterocycles. The molecule has 7 nitrogen and oxygen atoms in total. The van der Waals surface area contributed by atoms with Crippen LogP contribution in [0.15, 0.2) is 46.4 Å². The van der Waals surface area contributed by atoms with Crippen molar-refractivity contribution in [3.8, 4) is 5.75 Å². The minimum absolute atomic E-state index is 0.0374. The minimum Gasteiger partial charge on any atom is -0.507 e. The Morgan fingerprint density at radius 2 is 1.94 bits per heavy atom. The van der Waals surface area contributed by atoms with Crippen LogP contribution in [0.2, 0.25) is 0 Å². The molecule has 1 N–H and O–H groups in total. The largest absolute Gasteiger partial charge is 0.507 e. The van der Waals surface area contributed by atoms with E-state index in [0.717, 1.165) is 19.6 Å². The van der Waals surface area contributed by atoms with Crippen molar-refractivity contribution in [2.75, 3.05) is 33.3 Å². The van der Waals surface area contributed by atoms with E-state index in [9.17, 15) is 14.7 Å². The van der Waals surface area contributed by atoms with Gasteiger partial charge in [0.1, 0.15) is 29.1 Å². The highest BCUT2D eigenvalue weighted by Gasteiger charge is 2.47. The third-order valence-electron chi connectivity index (χ3n) is 5.68. The van der Waals surface area contributed by atoms with Gasteiger partial charge in [0, 0.05) is 12.1 Å². The number of ketones is 1. The summed E-state index contributed by atoms with van der Waals surface area (Å²) in [6.45, 7) is 9.04. The Balaban J connectivity index is 2.01. The average Bonchev–Trinajstić information content (AvgIpc) is 3.32. The number of hydrogen-bond donors (Lipinski definition) is 1. The fraction of sp³-hybridized carbons (Fsp3) is 0.417. The summed E-state index contributed by atoms with van der Waals surface area (Å²) in [7, 11) is 1.53. The van der Waals surface area contributed by atoms with Gasteiger partial charge in [0.2, 0.25) is 0 Å². The molecule has 0 spiro atoms. The molecule has 1 atom stereocenters. The maximum absolute atomic E-state index is 13.0. The van der Waals surface area contributed by atoms with Crippen LogP contribution in [0, 0.1) is 6.92 Å². The Hall–Kier alpha value is -3.06. The van der Waals surface area contributed by atoms with Crippen molar-refractivity contribution in [3.05, 3.63) is 59.1 Å². The minimum atomic E-state index is -0.767. The van der Waals surface area contributed by atoms with E-state index in [1.165, 1.54) is 12.0 Å². The number of aryl methyl sites for hydroxylation is 1. The van der Waals surface area contributed by atoms with Gasteiger partial charge in [-0.3, -0.25) is 9.59 Å². The second-order valence-electron chi connectivity index (χ2n) is 7.55. The summed E-state index contributed by atoms with van der Waals surface area (Å²) in [6.07, 6.45) is 0.712. The van der Waals surface area contributed by atoms with Crippen LogP contribution in [0.25, 0.3) is 5.76 Å². The van der Waals surface area contributed by atoms with E-state index in [2.05, 4.69) is 18.7 Å². The van der Waals surface area contributed by atoms with E-state index in [-0.39, 0.29) is 11.3 Å². The van der Waals surface area contributed by atoms with Gasteiger partial charge in [-0.25, -0.2) is 0 Å². The Labute approximate surface area is 182 Å².